The summed E-state index contributed by atoms with van der Waals surface area (Å²) in [5.41, 5.74) is 0. The fourth-order valence-corrected chi connectivity index (χ4v) is 1.49. The second-order valence-electron chi connectivity index (χ2n) is 2.88. The minimum Gasteiger partial charge on any atom is -0.492 e. The van der Waals surface area contributed by atoms with Gasteiger partial charge in [-0.2, -0.15) is 0 Å². The zero-order valence-corrected chi connectivity index (χ0v) is 9.60. The molecule has 0 radical (unpaired) electrons. The Hall–Kier alpha value is -0.610. The van der Waals surface area contributed by atoms with E-state index >= 15 is 0 Å². The summed E-state index contributed by atoms with van der Waals surface area (Å²) in [7, 11) is 1.90. The number of ether oxygens (including phenoxy) is 1. The highest BCUT2D eigenvalue weighted by atomic mass is 79.9. The Morgan fingerprint density at radius 3 is 2.93 bits per heavy atom. The Labute approximate surface area is 91.6 Å². The van der Waals surface area contributed by atoms with Crippen LogP contribution in [0.3, 0.4) is 0 Å². The third-order valence-electron chi connectivity index (χ3n) is 1.72. The highest BCUT2D eigenvalue weighted by molar-refractivity contribution is 9.10. The fraction of sp³-hybridized carbons (Fsp3) is 0.400. The fourth-order valence-electron chi connectivity index (χ4n) is 1.02. The maximum atomic E-state index is 12.7. The topological polar surface area (TPSA) is 21.3 Å². The molecule has 0 amide bonds. The molecule has 0 bridgehead atoms. The first-order valence-electron chi connectivity index (χ1n) is 4.46. The van der Waals surface area contributed by atoms with Crippen molar-refractivity contribution in [3.8, 4) is 5.75 Å². The van der Waals surface area contributed by atoms with Crippen LogP contribution in [0, 0.1) is 5.82 Å². The van der Waals surface area contributed by atoms with Crippen molar-refractivity contribution in [2.75, 3.05) is 20.2 Å². The standard InChI is InChI=1S/C10H13BrFNO/c1-13-5-2-6-14-10-4-3-8(12)7-9(10)11/h3-4,7,13H,2,5-6H2,1H3. The Bertz CT molecular complexity index is 293. The van der Waals surface area contributed by atoms with E-state index in [9.17, 15) is 4.39 Å². The molecule has 0 aromatic heterocycles. The summed E-state index contributed by atoms with van der Waals surface area (Å²) < 4.78 is 18.8. The van der Waals surface area contributed by atoms with Crippen molar-refractivity contribution >= 4 is 15.9 Å². The van der Waals surface area contributed by atoms with Crippen molar-refractivity contribution in [3.63, 3.8) is 0 Å². The van der Waals surface area contributed by atoms with Gasteiger partial charge in [-0.1, -0.05) is 0 Å². The Morgan fingerprint density at radius 2 is 2.29 bits per heavy atom. The second kappa shape index (κ2) is 5.98. The minimum atomic E-state index is -0.264. The minimum absolute atomic E-state index is 0.264. The molecule has 1 rings (SSSR count). The lowest BCUT2D eigenvalue weighted by atomic mass is 10.3. The molecule has 0 heterocycles. The van der Waals surface area contributed by atoms with E-state index in [0.717, 1.165) is 13.0 Å². The number of hydrogen-bond donors (Lipinski definition) is 1. The largest absolute Gasteiger partial charge is 0.492 e. The number of halogens is 2. The van der Waals surface area contributed by atoms with Gasteiger partial charge in [-0.25, -0.2) is 4.39 Å². The van der Waals surface area contributed by atoms with Gasteiger partial charge in [-0.05, 0) is 54.1 Å². The summed E-state index contributed by atoms with van der Waals surface area (Å²) >= 11 is 3.24. The summed E-state index contributed by atoms with van der Waals surface area (Å²) in [6, 6.07) is 4.41. The molecule has 1 aromatic carbocycles. The SMILES string of the molecule is CNCCCOc1ccc(F)cc1Br. The maximum Gasteiger partial charge on any atom is 0.133 e. The van der Waals surface area contributed by atoms with Gasteiger partial charge < -0.3 is 10.1 Å². The van der Waals surface area contributed by atoms with E-state index in [0.29, 0.717) is 16.8 Å². The normalized spacial score (nSPS) is 10.2. The first-order chi connectivity index (χ1) is 6.74. The van der Waals surface area contributed by atoms with Crippen LogP contribution in [-0.2, 0) is 0 Å². The molecule has 0 aliphatic carbocycles. The number of nitrogens with one attached hydrogen (secondary N) is 1. The average molecular weight is 262 g/mol. The van der Waals surface area contributed by atoms with Gasteiger partial charge in [0.2, 0.25) is 0 Å². The average Bonchev–Trinajstić information content (AvgIpc) is 2.15. The third-order valence-corrected chi connectivity index (χ3v) is 2.34. The van der Waals surface area contributed by atoms with E-state index in [2.05, 4.69) is 21.2 Å². The van der Waals surface area contributed by atoms with Crippen LogP contribution in [-0.4, -0.2) is 20.2 Å². The lowest BCUT2D eigenvalue weighted by Gasteiger charge is -2.07. The van der Waals surface area contributed by atoms with Crippen molar-refractivity contribution in [3.05, 3.63) is 28.5 Å². The van der Waals surface area contributed by atoms with Crippen LogP contribution in [0.1, 0.15) is 6.42 Å². The molecule has 1 aromatic rings. The molecule has 14 heavy (non-hydrogen) atoms. The lowest BCUT2D eigenvalue weighted by Crippen LogP contribution is -2.11. The summed E-state index contributed by atoms with van der Waals surface area (Å²) in [5.74, 6) is 0.418. The molecule has 1 N–H and O–H groups in total. The molecule has 0 fully saturated rings. The monoisotopic (exact) mass is 261 g/mol. The smallest absolute Gasteiger partial charge is 0.133 e. The number of benzene rings is 1. The zero-order valence-electron chi connectivity index (χ0n) is 8.02. The number of rotatable bonds is 5. The second-order valence-corrected chi connectivity index (χ2v) is 3.73. The molecule has 2 nitrogen and oxygen atoms in total. The van der Waals surface area contributed by atoms with Crippen molar-refractivity contribution in [1.29, 1.82) is 0 Å². The van der Waals surface area contributed by atoms with Gasteiger partial charge in [0.15, 0.2) is 0 Å². The number of hydrogen-bond acceptors (Lipinski definition) is 2. The molecule has 0 aliphatic heterocycles. The van der Waals surface area contributed by atoms with Gasteiger partial charge >= 0.3 is 0 Å². The Balaban J connectivity index is 2.42. The van der Waals surface area contributed by atoms with Crippen LogP contribution in [0.5, 0.6) is 5.75 Å². The molecular formula is C10H13BrFNO. The van der Waals surface area contributed by atoms with E-state index in [1.54, 1.807) is 6.07 Å². The van der Waals surface area contributed by atoms with Gasteiger partial charge in [-0.15, -0.1) is 0 Å². The van der Waals surface area contributed by atoms with Gasteiger partial charge in [0.1, 0.15) is 11.6 Å². The molecule has 78 valence electrons. The molecule has 0 unspecified atom stereocenters. The first-order valence-corrected chi connectivity index (χ1v) is 5.26. The van der Waals surface area contributed by atoms with Crippen LogP contribution >= 0.6 is 15.9 Å². The van der Waals surface area contributed by atoms with E-state index in [4.69, 9.17) is 4.74 Å². The van der Waals surface area contributed by atoms with Gasteiger partial charge in [-0.3, -0.25) is 0 Å². The molecular weight excluding hydrogens is 249 g/mol. The Morgan fingerprint density at radius 1 is 1.50 bits per heavy atom. The highest BCUT2D eigenvalue weighted by Crippen LogP contribution is 2.25. The predicted octanol–water partition coefficient (Wildman–Crippen LogP) is 2.58. The molecule has 0 saturated carbocycles. The first kappa shape index (κ1) is 11.5. The molecule has 0 saturated heterocycles. The molecule has 0 aliphatic rings. The zero-order chi connectivity index (χ0) is 10.4. The van der Waals surface area contributed by atoms with Crippen molar-refractivity contribution in [1.82, 2.24) is 5.32 Å². The summed E-state index contributed by atoms with van der Waals surface area (Å²) in [5, 5.41) is 3.03. The van der Waals surface area contributed by atoms with Crippen molar-refractivity contribution in [2.24, 2.45) is 0 Å². The molecule has 0 spiro atoms. The lowest BCUT2D eigenvalue weighted by molar-refractivity contribution is 0.307. The maximum absolute atomic E-state index is 12.7. The highest BCUT2D eigenvalue weighted by Gasteiger charge is 2.01. The summed E-state index contributed by atoms with van der Waals surface area (Å²) in [4.78, 5) is 0. The molecule has 0 atom stereocenters. The van der Waals surface area contributed by atoms with Gasteiger partial charge in [0.05, 0.1) is 11.1 Å². The quantitative estimate of drug-likeness (QED) is 0.823. The van der Waals surface area contributed by atoms with Crippen LogP contribution in [0.15, 0.2) is 22.7 Å². The van der Waals surface area contributed by atoms with E-state index in [-0.39, 0.29) is 5.82 Å². The van der Waals surface area contributed by atoms with Gasteiger partial charge in [0, 0.05) is 0 Å². The van der Waals surface area contributed by atoms with Crippen LogP contribution in [0.2, 0.25) is 0 Å². The summed E-state index contributed by atoms with van der Waals surface area (Å²) in [6.45, 7) is 1.55. The molecule has 4 heteroatoms. The van der Waals surface area contributed by atoms with Crippen LogP contribution < -0.4 is 10.1 Å². The third kappa shape index (κ3) is 3.64. The van der Waals surface area contributed by atoms with E-state index in [1.165, 1.54) is 12.1 Å². The summed E-state index contributed by atoms with van der Waals surface area (Å²) in [6.07, 6.45) is 0.931. The van der Waals surface area contributed by atoms with Crippen molar-refractivity contribution in [2.45, 2.75) is 6.42 Å². The Kier molecular flexibility index (Phi) is 4.90. The van der Waals surface area contributed by atoms with Crippen LogP contribution in [0.4, 0.5) is 4.39 Å². The van der Waals surface area contributed by atoms with Gasteiger partial charge in [0.25, 0.3) is 0 Å². The van der Waals surface area contributed by atoms with Crippen LogP contribution in [0.25, 0.3) is 0 Å². The van der Waals surface area contributed by atoms with E-state index < -0.39 is 0 Å². The predicted molar refractivity (Wildman–Crippen MR) is 58.1 cm³/mol. The van der Waals surface area contributed by atoms with E-state index in [1.807, 2.05) is 7.05 Å². The van der Waals surface area contributed by atoms with Crippen molar-refractivity contribution < 1.29 is 9.13 Å².